The molecule has 2 heterocycles. The molecular formula is C24H35N3O4. The van der Waals surface area contributed by atoms with Crippen LogP contribution in [-0.2, 0) is 14.3 Å². The minimum atomic E-state index is -0.583. The Hall–Kier alpha value is -2.41. The summed E-state index contributed by atoms with van der Waals surface area (Å²) in [6.45, 7) is 6.58. The molecule has 3 rings (SSSR count). The van der Waals surface area contributed by atoms with E-state index in [-0.39, 0.29) is 17.7 Å². The molecule has 31 heavy (non-hydrogen) atoms. The van der Waals surface area contributed by atoms with Gasteiger partial charge in [-0.3, -0.25) is 14.4 Å². The molecule has 0 bridgehead atoms. The predicted octanol–water partition coefficient (Wildman–Crippen LogP) is 2.43. The standard InChI is InChI=1S/C24H35N3O4/c1-18-8-3-4-9-20(18)22(29)27-14-11-24(12-15-27)10-5-6-16-31-17-7-13-25-21(28)19(2)26-23(24)30/h3-4,8-9,19H,5-7,10-17H2,1-2H3,(H,25,28)(H,26,30)/t19-/m0/s1. The van der Waals surface area contributed by atoms with Gasteiger partial charge in [-0.2, -0.15) is 0 Å². The number of carbonyl (C=O) groups is 3. The van der Waals surface area contributed by atoms with Gasteiger partial charge in [-0.05, 0) is 57.6 Å². The van der Waals surface area contributed by atoms with Crippen molar-refractivity contribution in [3.8, 4) is 0 Å². The Morgan fingerprint density at radius 2 is 1.77 bits per heavy atom. The molecule has 3 amide bonds. The van der Waals surface area contributed by atoms with E-state index >= 15 is 0 Å². The van der Waals surface area contributed by atoms with Gasteiger partial charge in [-0.25, -0.2) is 0 Å². The highest BCUT2D eigenvalue weighted by Gasteiger charge is 2.42. The van der Waals surface area contributed by atoms with E-state index in [4.69, 9.17) is 4.74 Å². The Balaban J connectivity index is 1.69. The van der Waals surface area contributed by atoms with Crippen LogP contribution >= 0.6 is 0 Å². The van der Waals surface area contributed by atoms with Crippen LogP contribution in [0.5, 0.6) is 0 Å². The molecule has 0 aliphatic carbocycles. The first kappa shape index (κ1) is 23.3. The number of aryl methyl sites for hydroxylation is 1. The van der Waals surface area contributed by atoms with Crippen LogP contribution in [0, 0.1) is 12.3 Å². The third-order valence-corrected chi connectivity index (χ3v) is 6.56. The minimum absolute atomic E-state index is 0.0235. The van der Waals surface area contributed by atoms with Gasteiger partial charge in [0.25, 0.3) is 5.91 Å². The lowest BCUT2D eigenvalue weighted by atomic mass is 9.73. The topological polar surface area (TPSA) is 87.7 Å². The van der Waals surface area contributed by atoms with Crippen molar-refractivity contribution in [2.24, 2.45) is 5.41 Å². The summed E-state index contributed by atoms with van der Waals surface area (Å²) in [4.78, 5) is 40.5. The quantitative estimate of drug-likeness (QED) is 0.718. The molecule has 0 aromatic heterocycles. The van der Waals surface area contributed by atoms with E-state index in [9.17, 15) is 14.4 Å². The molecule has 0 radical (unpaired) electrons. The zero-order chi connectivity index (χ0) is 22.3. The zero-order valence-corrected chi connectivity index (χ0v) is 18.7. The Morgan fingerprint density at radius 3 is 2.52 bits per heavy atom. The summed E-state index contributed by atoms with van der Waals surface area (Å²) < 4.78 is 5.65. The number of nitrogens with zero attached hydrogens (tertiary/aromatic N) is 1. The molecule has 0 unspecified atom stereocenters. The lowest BCUT2D eigenvalue weighted by Gasteiger charge is -2.41. The molecule has 2 saturated heterocycles. The number of piperidine rings is 1. The largest absolute Gasteiger partial charge is 0.381 e. The van der Waals surface area contributed by atoms with Crippen LogP contribution in [-0.4, -0.2) is 61.5 Å². The summed E-state index contributed by atoms with van der Waals surface area (Å²) >= 11 is 0. The summed E-state index contributed by atoms with van der Waals surface area (Å²) in [5.74, 6) is -0.223. The van der Waals surface area contributed by atoms with Gasteiger partial charge in [-0.1, -0.05) is 24.6 Å². The van der Waals surface area contributed by atoms with E-state index in [0.717, 1.165) is 36.8 Å². The molecule has 2 fully saturated rings. The maximum absolute atomic E-state index is 13.3. The second-order valence-corrected chi connectivity index (χ2v) is 8.80. The summed E-state index contributed by atoms with van der Waals surface area (Å²) in [6, 6.07) is 7.03. The average Bonchev–Trinajstić information content (AvgIpc) is 2.77. The monoisotopic (exact) mass is 429 g/mol. The molecule has 1 atom stereocenters. The van der Waals surface area contributed by atoms with Crippen molar-refractivity contribution in [1.29, 1.82) is 0 Å². The molecule has 1 aromatic carbocycles. The molecular weight excluding hydrogens is 394 g/mol. The van der Waals surface area contributed by atoms with Crippen molar-refractivity contribution < 1.29 is 19.1 Å². The first-order valence-corrected chi connectivity index (χ1v) is 11.4. The smallest absolute Gasteiger partial charge is 0.254 e. The maximum atomic E-state index is 13.3. The fraction of sp³-hybridized carbons (Fsp3) is 0.625. The van der Waals surface area contributed by atoms with E-state index in [0.29, 0.717) is 45.7 Å². The summed E-state index contributed by atoms with van der Waals surface area (Å²) in [6.07, 6.45) is 4.50. The number of hydrogen-bond acceptors (Lipinski definition) is 4. The van der Waals surface area contributed by atoms with Gasteiger partial charge < -0.3 is 20.3 Å². The van der Waals surface area contributed by atoms with Gasteiger partial charge in [0.1, 0.15) is 6.04 Å². The molecule has 2 aliphatic rings. The van der Waals surface area contributed by atoms with Crippen LogP contribution in [0.4, 0.5) is 0 Å². The van der Waals surface area contributed by atoms with Gasteiger partial charge in [-0.15, -0.1) is 0 Å². The molecule has 2 aliphatic heterocycles. The van der Waals surface area contributed by atoms with Crippen LogP contribution in [0.2, 0.25) is 0 Å². The van der Waals surface area contributed by atoms with Crippen LogP contribution in [0.15, 0.2) is 24.3 Å². The minimum Gasteiger partial charge on any atom is -0.381 e. The van der Waals surface area contributed by atoms with Crippen LogP contribution in [0.25, 0.3) is 0 Å². The lowest BCUT2D eigenvalue weighted by Crippen LogP contribution is -2.54. The molecule has 7 heteroatoms. The van der Waals surface area contributed by atoms with E-state index in [1.54, 1.807) is 6.92 Å². The third kappa shape index (κ3) is 5.85. The van der Waals surface area contributed by atoms with E-state index in [2.05, 4.69) is 10.6 Å². The highest BCUT2D eigenvalue weighted by atomic mass is 16.5. The lowest BCUT2D eigenvalue weighted by molar-refractivity contribution is -0.137. The third-order valence-electron chi connectivity index (χ3n) is 6.56. The van der Waals surface area contributed by atoms with E-state index in [1.165, 1.54) is 0 Å². The van der Waals surface area contributed by atoms with Crippen molar-refractivity contribution in [2.75, 3.05) is 32.8 Å². The Labute approximate surface area is 184 Å². The highest BCUT2D eigenvalue weighted by Crippen LogP contribution is 2.37. The average molecular weight is 430 g/mol. The number of benzene rings is 1. The number of rotatable bonds is 1. The highest BCUT2D eigenvalue weighted by molar-refractivity contribution is 5.96. The normalized spacial score (nSPS) is 23.5. The summed E-state index contributed by atoms with van der Waals surface area (Å²) in [5, 5.41) is 5.80. The number of likely N-dealkylation sites (tertiary alicyclic amines) is 1. The van der Waals surface area contributed by atoms with Crippen LogP contribution < -0.4 is 10.6 Å². The molecule has 0 saturated carbocycles. The van der Waals surface area contributed by atoms with Gasteiger partial charge in [0, 0.05) is 38.4 Å². The molecule has 1 spiro atoms. The molecule has 1 aromatic rings. The Morgan fingerprint density at radius 1 is 1.06 bits per heavy atom. The number of nitrogens with one attached hydrogen (secondary N) is 2. The van der Waals surface area contributed by atoms with Crippen molar-refractivity contribution >= 4 is 17.7 Å². The predicted molar refractivity (Wildman–Crippen MR) is 119 cm³/mol. The van der Waals surface area contributed by atoms with Gasteiger partial charge in [0.15, 0.2) is 0 Å². The second-order valence-electron chi connectivity index (χ2n) is 8.80. The summed E-state index contributed by atoms with van der Waals surface area (Å²) in [5.41, 5.74) is 1.13. The number of carbonyl (C=O) groups excluding carboxylic acids is 3. The van der Waals surface area contributed by atoms with Crippen molar-refractivity contribution in [3.63, 3.8) is 0 Å². The zero-order valence-electron chi connectivity index (χ0n) is 18.7. The first-order chi connectivity index (χ1) is 14.9. The van der Waals surface area contributed by atoms with Gasteiger partial charge >= 0.3 is 0 Å². The van der Waals surface area contributed by atoms with Crippen molar-refractivity contribution in [3.05, 3.63) is 35.4 Å². The first-order valence-electron chi connectivity index (χ1n) is 11.4. The molecule has 170 valence electrons. The molecule has 2 N–H and O–H groups in total. The van der Waals surface area contributed by atoms with Crippen molar-refractivity contribution in [1.82, 2.24) is 15.5 Å². The number of ether oxygens (including phenoxy) is 1. The summed E-state index contributed by atoms with van der Waals surface area (Å²) in [7, 11) is 0. The van der Waals surface area contributed by atoms with Crippen molar-refractivity contribution in [2.45, 2.75) is 58.4 Å². The Bertz CT molecular complexity index is 787. The van der Waals surface area contributed by atoms with Gasteiger partial charge in [0.05, 0.1) is 5.41 Å². The van der Waals surface area contributed by atoms with Crippen LogP contribution in [0.3, 0.4) is 0 Å². The molecule has 7 nitrogen and oxygen atoms in total. The number of hydrogen-bond donors (Lipinski definition) is 2. The maximum Gasteiger partial charge on any atom is 0.254 e. The Kier molecular flexibility index (Phi) is 8.07. The van der Waals surface area contributed by atoms with Crippen LogP contribution in [0.1, 0.15) is 61.4 Å². The van der Waals surface area contributed by atoms with Gasteiger partial charge in [0.2, 0.25) is 11.8 Å². The number of amides is 3. The fourth-order valence-corrected chi connectivity index (χ4v) is 4.44. The SMILES string of the molecule is Cc1ccccc1C(=O)N1CCC2(CCCCOCCCNC(=O)[C@H](C)NC2=O)CC1. The van der Waals surface area contributed by atoms with E-state index in [1.807, 2.05) is 36.1 Å². The second kappa shape index (κ2) is 10.8. The fourth-order valence-electron chi connectivity index (χ4n) is 4.44. The van der Waals surface area contributed by atoms with E-state index < -0.39 is 11.5 Å².